The van der Waals surface area contributed by atoms with Gasteiger partial charge in [-0.3, -0.25) is 0 Å². The van der Waals surface area contributed by atoms with E-state index in [1.165, 1.54) is 93.0 Å². The molecule has 48 heavy (non-hydrogen) atoms. The topological polar surface area (TPSA) is 13.1 Å². The van der Waals surface area contributed by atoms with E-state index in [0.29, 0.717) is 0 Å². The molecule has 0 spiro atoms. The van der Waals surface area contributed by atoms with Gasteiger partial charge in [-0.2, -0.15) is 0 Å². The Balaban J connectivity index is 1.35. The summed E-state index contributed by atoms with van der Waals surface area (Å²) in [7, 11) is 11.4. The monoisotopic (exact) mass is 606 g/mol. The van der Waals surface area contributed by atoms with Crippen molar-refractivity contribution < 1.29 is 4.42 Å². The molecule has 0 radical (unpaired) electrons. The van der Waals surface area contributed by atoms with E-state index in [1.54, 1.807) is 0 Å². The van der Waals surface area contributed by atoms with Crippen molar-refractivity contribution in [1.82, 2.24) is 0 Å². The van der Waals surface area contributed by atoms with Gasteiger partial charge >= 0.3 is 0 Å². The predicted octanol–water partition coefficient (Wildman–Crippen LogP) is 3.34. The second-order valence-corrected chi connectivity index (χ2v) is 13.4. The highest BCUT2D eigenvalue weighted by molar-refractivity contribution is 6.69. The Morgan fingerprint density at radius 3 is 1.35 bits per heavy atom. The summed E-state index contributed by atoms with van der Waals surface area (Å²) in [5.74, 6) is 0. The SMILES string of the molecule is Bc1c(B)c(B)c(-c2c3ccccc3c(-c3ccc(-c4ccc5oc6ccccc6c5c4)c4ccccc34)c3ccccc23)c(B)c1B. The highest BCUT2D eigenvalue weighted by Gasteiger charge is 2.22. The molecule has 0 saturated heterocycles. The van der Waals surface area contributed by atoms with Gasteiger partial charge in [0.25, 0.3) is 0 Å². The van der Waals surface area contributed by atoms with Crippen LogP contribution < -0.4 is 27.3 Å². The summed E-state index contributed by atoms with van der Waals surface area (Å²) in [4.78, 5) is 0. The van der Waals surface area contributed by atoms with Crippen LogP contribution in [0.25, 0.3) is 87.6 Å². The number of para-hydroxylation sites is 1. The van der Waals surface area contributed by atoms with E-state index in [1.807, 2.05) is 12.1 Å². The summed E-state index contributed by atoms with van der Waals surface area (Å²) in [6.07, 6.45) is 0. The van der Waals surface area contributed by atoms with Crippen molar-refractivity contribution in [1.29, 1.82) is 0 Å². The average Bonchev–Trinajstić information content (AvgIpc) is 3.51. The van der Waals surface area contributed by atoms with Crippen LogP contribution >= 0.6 is 0 Å². The maximum absolute atomic E-state index is 6.16. The molecular weight excluding hydrogens is 575 g/mol. The molecule has 9 rings (SSSR count). The molecule has 0 aliphatic heterocycles. The minimum atomic E-state index is 0.920. The first-order chi connectivity index (χ1) is 23.4. The summed E-state index contributed by atoms with van der Waals surface area (Å²) in [6, 6.07) is 46.5. The smallest absolute Gasteiger partial charge is 0.139 e. The molecule has 9 aromatic rings. The van der Waals surface area contributed by atoms with Crippen molar-refractivity contribution in [3.63, 3.8) is 0 Å². The molecule has 0 fully saturated rings. The largest absolute Gasteiger partial charge is 0.456 e. The second-order valence-electron chi connectivity index (χ2n) is 13.4. The Kier molecular flexibility index (Phi) is 6.53. The van der Waals surface area contributed by atoms with Crippen molar-refractivity contribution in [2.24, 2.45) is 0 Å². The Bertz CT molecular complexity index is 2710. The van der Waals surface area contributed by atoms with Gasteiger partial charge in [-0.15, -0.1) is 16.4 Å². The van der Waals surface area contributed by atoms with E-state index >= 15 is 0 Å². The number of fused-ring (bicyclic) bond motifs is 6. The molecule has 1 nitrogen and oxygen atoms in total. The fourth-order valence-electron chi connectivity index (χ4n) is 8.23. The number of rotatable bonds is 3. The normalized spacial score (nSPS) is 11.8. The van der Waals surface area contributed by atoms with Crippen LogP contribution in [0.4, 0.5) is 0 Å². The zero-order chi connectivity index (χ0) is 32.7. The molecule has 0 bridgehead atoms. The maximum atomic E-state index is 6.16. The van der Waals surface area contributed by atoms with Crippen LogP contribution in [-0.4, -0.2) is 39.2 Å². The van der Waals surface area contributed by atoms with Gasteiger partial charge in [-0.1, -0.05) is 120 Å². The van der Waals surface area contributed by atoms with Crippen LogP contribution in [0.1, 0.15) is 0 Å². The lowest BCUT2D eigenvalue weighted by atomic mass is 9.59. The van der Waals surface area contributed by atoms with Crippen molar-refractivity contribution in [2.45, 2.75) is 0 Å². The molecule has 0 aliphatic carbocycles. The first kappa shape index (κ1) is 28.9. The summed E-state index contributed by atoms with van der Waals surface area (Å²) in [6.45, 7) is 0. The Morgan fingerprint density at radius 2 is 0.750 bits per heavy atom. The van der Waals surface area contributed by atoms with Gasteiger partial charge in [0.15, 0.2) is 0 Å². The van der Waals surface area contributed by atoms with Gasteiger partial charge < -0.3 is 4.42 Å². The van der Waals surface area contributed by atoms with Crippen LogP contribution in [0, 0.1) is 0 Å². The lowest BCUT2D eigenvalue weighted by Gasteiger charge is -2.25. The first-order valence-electron chi connectivity index (χ1n) is 16.9. The maximum Gasteiger partial charge on any atom is 0.139 e. The van der Waals surface area contributed by atoms with E-state index in [-0.39, 0.29) is 0 Å². The Labute approximate surface area is 285 Å². The molecule has 0 atom stereocenters. The van der Waals surface area contributed by atoms with Crippen molar-refractivity contribution in [3.8, 4) is 33.4 Å². The lowest BCUT2D eigenvalue weighted by molar-refractivity contribution is 0.669. The third-order valence-corrected chi connectivity index (χ3v) is 11.1. The van der Waals surface area contributed by atoms with Crippen molar-refractivity contribution in [2.75, 3.05) is 0 Å². The standard InChI is InChI=1S/C42H31B5O/c43-38-37(39(44)41(46)42(47)40(38)45)36-29-14-5-3-12-27(29)35(28-13-4-6-15-30(28)36)31-19-18-23(24-9-1-2-10-25(24)31)22-17-20-34-32(21-22)26-11-7-8-16-33(26)48-34/h1-21H,43-47H2. The molecular formula is C42H31B5O. The highest BCUT2D eigenvalue weighted by atomic mass is 16.3. The molecule has 0 aliphatic rings. The summed E-state index contributed by atoms with van der Waals surface area (Å²) in [5.41, 5.74) is 16.4. The van der Waals surface area contributed by atoms with Crippen LogP contribution in [0.5, 0.6) is 0 Å². The zero-order valence-corrected chi connectivity index (χ0v) is 28.0. The predicted molar refractivity (Wildman–Crippen MR) is 223 cm³/mol. The number of hydrogen-bond acceptors (Lipinski definition) is 1. The van der Waals surface area contributed by atoms with Gasteiger partial charge in [0.1, 0.15) is 50.4 Å². The van der Waals surface area contributed by atoms with E-state index in [9.17, 15) is 0 Å². The molecule has 0 N–H and O–H groups in total. The number of benzene rings is 8. The third-order valence-electron chi connectivity index (χ3n) is 11.1. The summed E-state index contributed by atoms with van der Waals surface area (Å²) in [5, 5.41) is 9.96. The third kappa shape index (κ3) is 4.12. The van der Waals surface area contributed by atoms with Crippen LogP contribution in [-0.2, 0) is 0 Å². The van der Waals surface area contributed by atoms with Crippen LogP contribution in [0.3, 0.4) is 0 Å². The van der Waals surface area contributed by atoms with E-state index in [4.69, 9.17) is 4.42 Å². The van der Waals surface area contributed by atoms with Gasteiger partial charge in [0, 0.05) is 10.8 Å². The Hall–Kier alpha value is -5.34. The molecule has 1 aromatic heterocycles. The van der Waals surface area contributed by atoms with Gasteiger partial charge in [0.05, 0.1) is 0 Å². The minimum Gasteiger partial charge on any atom is -0.456 e. The molecule has 0 amide bonds. The van der Waals surface area contributed by atoms with Crippen LogP contribution in [0.15, 0.2) is 132 Å². The second kappa shape index (κ2) is 10.9. The minimum absolute atomic E-state index is 0.920. The van der Waals surface area contributed by atoms with Gasteiger partial charge in [-0.25, -0.2) is 0 Å². The number of hydrogen-bond donors (Lipinski definition) is 0. The average molecular weight is 606 g/mol. The van der Waals surface area contributed by atoms with Crippen molar-refractivity contribution >= 4 is 121 Å². The Morgan fingerprint density at radius 1 is 0.312 bits per heavy atom. The lowest BCUT2D eigenvalue weighted by Crippen LogP contribution is -2.55. The van der Waals surface area contributed by atoms with Crippen molar-refractivity contribution in [3.05, 3.63) is 127 Å². The van der Waals surface area contributed by atoms with Gasteiger partial charge in [-0.05, 0) is 83.9 Å². The molecule has 0 unspecified atom stereocenters. The highest BCUT2D eigenvalue weighted by Crippen LogP contribution is 2.46. The summed E-state index contributed by atoms with van der Waals surface area (Å²) >= 11 is 0. The number of furan rings is 1. The van der Waals surface area contributed by atoms with E-state index < -0.39 is 0 Å². The van der Waals surface area contributed by atoms with Crippen LogP contribution in [0.2, 0.25) is 0 Å². The molecule has 8 aromatic carbocycles. The molecule has 220 valence electrons. The fraction of sp³-hybridized carbons (Fsp3) is 0. The molecule has 6 heteroatoms. The summed E-state index contributed by atoms with van der Waals surface area (Å²) < 4.78 is 6.16. The van der Waals surface area contributed by atoms with E-state index in [0.717, 1.165) is 21.9 Å². The fourth-order valence-corrected chi connectivity index (χ4v) is 8.23. The zero-order valence-electron chi connectivity index (χ0n) is 28.0. The first-order valence-corrected chi connectivity index (χ1v) is 16.9. The van der Waals surface area contributed by atoms with Gasteiger partial charge in [0.2, 0.25) is 0 Å². The molecule has 1 heterocycles. The quantitative estimate of drug-likeness (QED) is 0.223. The molecule has 0 saturated carbocycles. The van der Waals surface area contributed by atoms with E-state index in [2.05, 4.69) is 154 Å².